The van der Waals surface area contributed by atoms with Crippen molar-refractivity contribution in [3.05, 3.63) is 168 Å². The summed E-state index contributed by atoms with van der Waals surface area (Å²) in [4.78, 5) is 0. The molecule has 0 aromatic heterocycles. The Morgan fingerprint density at radius 2 is 1.06 bits per heavy atom. The molecule has 0 heterocycles. The van der Waals surface area contributed by atoms with Gasteiger partial charge in [-0.1, -0.05) is 179 Å². The molecule has 6 rings (SSSR count). The molecule has 1 aliphatic rings. The number of hydrogen-bond acceptors (Lipinski definition) is 4. The molecule has 1 N–H and O–H groups in total. The van der Waals surface area contributed by atoms with Crippen molar-refractivity contribution in [2.24, 2.45) is 5.92 Å². The molecule has 1 fully saturated rings. The molecule has 0 radical (unpaired) electrons. The minimum atomic E-state index is -2.74. The summed E-state index contributed by atoms with van der Waals surface area (Å²) in [5, 5.41) is 13.6. The maximum atomic E-state index is 11.3. The third kappa shape index (κ3) is 7.88. The lowest BCUT2D eigenvalue weighted by Crippen LogP contribution is -2.67. The molecule has 5 aromatic carbocycles. The van der Waals surface area contributed by atoms with Gasteiger partial charge in [0.2, 0.25) is 0 Å². The van der Waals surface area contributed by atoms with Gasteiger partial charge in [0, 0.05) is 0 Å². The molecule has 1 unspecified atom stereocenters. The van der Waals surface area contributed by atoms with Crippen LogP contribution in [0.5, 0.6) is 0 Å². The van der Waals surface area contributed by atoms with Crippen LogP contribution in [0.2, 0.25) is 5.04 Å². The first-order chi connectivity index (χ1) is 24.3. The highest BCUT2D eigenvalue weighted by Gasteiger charge is 2.50. The summed E-state index contributed by atoms with van der Waals surface area (Å²) in [5.41, 5.74) is 2.62. The molecule has 0 amide bonds. The van der Waals surface area contributed by atoms with E-state index in [1.807, 2.05) is 12.1 Å². The Bertz CT molecular complexity index is 1570. The fraction of sp³-hybridized carbons (Fsp3) is 0.333. The van der Waals surface area contributed by atoms with Gasteiger partial charge in [0.15, 0.2) is 0 Å². The van der Waals surface area contributed by atoms with Gasteiger partial charge in [-0.15, -0.1) is 0 Å². The van der Waals surface area contributed by atoms with Crippen LogP contribution in [0.15, 0.2) is 152 Å². The summed E-state index contributed by atoms with van der Waals surface area (Å²) >= 11 is 0. The van der Waals surface area contributed by atoms with Gasteiger partial charge in [-0.05, 0) is 57.3 Å². The van der Waals surface area contributed by atoms with Crippen molar-refractivity contribution in [2.75, 3.05) is 19.8 Å². The van der Waals surface area contributed by atoms with Crippen LogP contribution < -0.4 is 10.4 Å². The fourth-order valence-electron chi connectivity index (χ4n) is 7.83. The van der Waals surface area contributed by atoms with E-state index in [9.17, 15) is 5.11 Å². The van der Waals surface area contributed by atoms with Crippen LogP contribution >= 0.6 is 0 Å². The molecule has 0 aliphatic heterocycles. The van der Waals surface area contributed by atoms with E-state index in [2.05, 4.69) is 160 Å². The first-order valence-electron chi connectivity index (χ1n) is 18.2. The summed E-state index contributed by atoms with van der Waals surface area (Å²) in [5.74, 6) is 0.342. The molecule has 0 saturated heterocycles. The van der Waals surface area contributed by atoms with Gasteiger partial charge in [0.05, 0.1) is 32.0 Å². The number of ether oxygens (including phenoxy) is 2. The smallest absolute Gasteiger partial charge is 0.261 e. The van der Waals surface area contributed by atoms with Crippen molar-refractivity contribution in [1.29, 1.82) is 0 Å². The molecular weight excluding hydrogens is 633 g/mol. The number of hydrogen-bond donors (Lipinski definition) is 1. The molecular formula is C45H52O4Si. The van der Waals surface area contributed by atoms with Gasteiger partial charge in [-0.25, -0.2) is 0 Å². The lowest BCUT2D eigenvalue weighted by atomic mass is 9.79. The Balaban J connectivity index is 1.13. The average molecular weight is 685 g/mol. The van der Waals surface area contributed by atoms with Gasteiger partial charge in [0.25, 0.3) is 8.32 Å². The van der Waals surface area contributed by atoms with E-state index in [0.717, 1.165) is 42.4 Å². The summed E-state index contributed by atoms with van der Waals surface area (Å²) < 4.78 is 20.6. The molecule has 260 valence electrons. The minimum Gasteiger partial charge on any atom is -0.405 e. The van der Waals surface area contributed by atoms with Gasteiger partial charge >= 0.3 is 0 Å². The van der Waals surface area contributed by atoms with Crippen LogP contribution in [0.1, 0.15) is 63.1 Å². The number of benzene rings is 5. The largest absolute Gasteiger partial charge is 0.405 e. The van der Waals surface area contributed by atoms with Crippen LogP contribution in [0, 0.1) is 5.92 Å². The monoisotopic (exact) mass is 684 g/mol. The Labute approximate surface area is 300 Å². The zero-order chi connectivity index (χ0) is 34.9. The molecule has 5 heteroatoms. The third-order valence-electron chi connectivity index (χ3n) is 10.2. The molecule has 4 nitrogen and oxygen atoms in total. The van der Waals surface area contributed by atoms with Crippen molar-refractivity contribution in [2.45, 2.75) is 69.3 Å². The molecule has 1 aliphatic carbocycles. The second kappa shape index (κ2) is 16.5. The number of rotatable bonds is 14. The average Bonchev–Trinajstić information content (AvgIpc) is 3.16. The first kappa shape index (κ1) is 36.0. The molecule has 1 saturated carbocycles. The Morgan fingerprint density at radius 3 is 1.50 bits per heavy atom. The van der Waals surface area contributed by atoms with E-state index in [4.69, 9.17) is 13.9 Å². The van der Waals surface area contributed by atoms with E-state index in [-0.39, 0.29) is 24.4 Å². The lowest BCUT2D eigenvalue weighted by molar-refractivity contribution is -0.0646. The Kier molecular flexibility index (Phi) is 11.8. The van der Waals surface area contributed by atoms with Crippen LogP contribution in [0.25, 0.3) is 0 Å². The van der Waals surface area contributed by atoms with Gasteiger partial charge in [0.1, 0.15) is 5.60 Å². The Morgan fingerprint density at radius 1 is 0.620 bits per heavy atom. The highest BCUT2D eigenvalue weighted by atomic mass is 28.4. The van der Waals surface area contributed by atoms with Crippen LogP contribution in [-0.2, 0) is 19.5 Å². The van der Waals surface area contributed by atoms with Gasteiger partial charge in [-0.2, -0.15) is 0 Å². The zero-order valence-electron chi connectivity index (χ0n) is 29.8. The quantitative estimate of drug-likeness (QED) is 0.0942. The highest BCUT2D eigenvalue weighted by Crippen LogP contribution is 2.42. The standard InChI is InChI=1S/C45H52O4Si/c1-44(2,3)50(42-28-15-7-16-29-42,43-30-17-8-18-31-43)49-35-40(46)34-47-41-27-19-20-36(32-41)33-48-45(37-21-9-4-10-22-37,38-23-11-5-12-24-38)39-25-13-6-14-26-39/h4-18,21-26,28-31,36,40-41,46H,19-20,27,32-35H2,1-3H3/t36-,40?,41+/m0/s1. The fourth-order valence-corrected chi connectivity index (χ4v) is 12.4. The predicted molar refractivity (Wildman–Crippen MR) is 206 cm³/mol. The lowest BCUT2D eigenvalue weighted by Gasteiger charge is -2.43. The van der Waals surface area contributed by atoms with Crippen molar-refractivity contribution in [3.63, 3.8) is 0 Å². The van der Waals surface area contributed by atoms with E-state index < -0.39 is 20.0 Å². The van der Waals surface area contributed by atoms with Crippen LogP contribution in [-0.4, -0.2) is 45.5 Å². The summed E-state index contributed by atoms with van der Waals surface area (Å²) in [6, 6.07) is 52.9. The van der Waals surface area contributed by atoms with Crippen molar-refractivity contribution < 1.29 is 19.0 Å². The topological polar surface area (TPSA) is 47.9 Å². The van der Waals surface area contributed by atoms with E-state index in [1.165, 1.54) is 10.4 Å². The minimum absolute atomic E-state index is 0.0689. The number of aliphatic hydroxyl groups is 1. The second-order valence-electron chi connectivity index (χ2n) is 14.7. The molecule has 50 heavy (non-hydrogen) atoms. The first-order valence-corrected chi connectivity index (χ1v) is 20.1. The maximum absolute atomic E-state index is 11.3. The van der Waals surface area contributed by atoms with Crippen molar-refractivity contribution >= 4 is 18.7 Å². The summed E-state index contributed by atoms with van der Waals surface area (Å²) in [7, 11) is -2.74. The molecule has 5 aromatic rings. The Hall–Kier alpha value is -3.84. The maximum Gasteiger partial charge on any atom is 0.261 e. The van der Waals surface area contributed by atoms with Crippen molar-refractivity contribution in [1.82, 2.24) is 0 Å². The van der Waals surface area contributed by atoms with Crippen LogP contribution in [0.4, 0.5) is 0 Å². The highest BCUT2D eigenvalue weighted by molar-refractivity contribution is 6.99. The second-order valence-corrected chi connectivity index (χ2v) is 19.0. The summed E-state index contributed by atoms with van der Waals surface area (Å²) in [6.45, 7) is 7.86. The normalized spacial score (nSPS) is 17.7. The van der Waals surface area contributed by atoms with E-state index in [0.29, 0.717) is 12.5 Å². The van der Waals surface area contributed by atoms with Crippen LogP contribution in [0.3, 0.4) is 0 Å². The molecule has 0 spiro atoms. The summed E-state index contributed by atoms with van der Waals surface area (Å²) in [6.07, 6.45) is 3.39. The van der Waals surface area contributed by atoms with Crippen molar-refractivity contribution in [3.8, 4) is 0 Å². The third-order valence-corrected chi connectivity index (χ3v) is 15.2. The van der Waals surface area contributed by atoms with E-state index >= 15 is 0 Å². The van der Waals surface area contributed by atoms with Gasteiger partial charge in [-0.3, -0.25) is 0 Å². The molecule has 3 atom stereocenters. The predicted octanol–water partition coefficient (Wildman–Crippen LogP) is 8.51. The van der Waals surface area contributed by atoms with Gasteiger partial charge < -0.3 is 19.0 Å². The van der Waals surface area contributed by atoms with E-state index in [1.54, 1.807) is 0 Å². The molecule has 0 bridgehead atoms. The zero-order valence-corrected chi connectivity index (χ0v) is 30.8. The number of aliphatic hydroxyl groups excluding tert-OH is 1. The SMILES string of the molecule is CC(C)(C)[Si](OCC(O)CO[C@@H]1CCC[C@H](COC(c2ccccc2)(c2ccccc2)c2ccccc2)C1)(c1ccccc1)c1ccccc1.